The van der Waals surface area contributed by atoms with E-state index in [4.69, 9.17) is 20.9 Å². The van der Waals surface area contributed by atoms with Crippen LogP contribution in [-0.2, 0) is 4.74 Å². The second-order valence-corrected chi connectivity index (χ2v) is 13.2. The van der Waals surface area contributed by atoms with Crippen LogP contribution in [0.5, 0.6) is 11.8 Å². The molecule has 1 aromatic heterocycles. The van der Waals surface area contributed by atoms with E-state index >= 15 is 4.39 Å². The van der Waals surface area contributed by atoms with Gasteiger partial charge in [0.15, 0.2) is 5.82 Å². The van der Waals surface area contributed by atoms with E-state index in [1.807, 2.05) is 0 Å². The van der Waals surface area contributed by atoms with Gasteiger partial charge in [-0.15, -0.1) is 6.42 Å². The highest BCUT2D eigenvalue weighted by Gasteiger charge is 2.47. The minimum Gasteiger partial charge on any atom is -0.508 e. The fraction of sp³-hybridized carbons (Fsp3) is 0.405. The van der Waals surface area contributed by atoms with E-state index in [1.54, 1.807) is 19.2 Å². The fourth-order valence-corrected chi connectivity index (χ4v) is 7.92. The van der Waals surface area contributed by atoms with Crippen LogP contribution < -0.4 is 15.0 Å². The van der Waals surface area contributed by atoms with Crippen LogP contribution in [0.1, 0.15) is 38.2 Å². The highest BCUT2D eigenvalue weighted by molar-refractivity contribution is 6.04. The SMILES string of the molecule is C#Cc1c(F)ccc2cc(O)cc(-c3ccc4c(N5CCN[C@@](CC)(COC)C5)nc(OCC56CCCN5C/C(=C\F)C6)nc4c3F)c12. The number of hydrogen-bond donors (Lipinski definition) is 2. The molecule has 3 saturated heterocycles. The maximum atomic E-state index is 17.0. The third-order valence-corrected chi connectivity index (χ3v) is 10.3. The number of methoxy groups -OCH3 is 1. The van der Waals surface area contributed by atoms with Crippen LogP contribution in [0.15, 0.2) is 48.3 Å². The Kier molecular flexibility index (Phi) is 8.44. The molecule has 7 rings (SSSR count). The minimum atomic E-state index is -0.682. The van der Waals surface area contributed by atoms with Crippen molar-refractivity contribution >= 4 is 27.5 Å². The number of nitrogens with zero attached hydrogens (tertiary/aromatic N) is 4. The third kappa shape index (κ3) is 5.42. The number of rotatable bonds is 8. The number of piperazine rings is 1. The zero-order valence-corrected chi connectivity index (χ0v) is 27.1. The summed E-state index contributed by atoms with van der Waals surface area (Å²) in [6.07, 6.45) is 9.57. The molecule has 1 unspecified atom stereocenters. The van der Waals surface area contributed by atoms with Crippen LogP contribution in [0.3, 0.4) is 0 Å². The molecule has 0 spiro atoms. The number of phenolic OH excluding ortho intramolecular Hbond substituents is 1. The zero-order chi connectivity index (χ0) is 33.6. The van der Waals surface area contributed by atoms with E-state index in [0.29, 0.717) is 67.5 Å². The molecule has 250 valence electrons. The summed E-state index contributed by atoms with van der Waals surface area (Å²) in [6.45, 7) is 6.01. The maximum absolute atomic E-state index is 17.0. The van der Waals surface area contributed by atoms with Gasteiger partial charge in [0, 0.05) is 49.6 Å². The predicted molar refractivity (Wildman–Crippen MR) is 180 cm³/mol. The first kappa shape index (κ1) is 32.2. The lowest BCUT2D eigenvalue weighted by Gasteiger charge is -2.43. The van der Waals surface area contributed by atoms with Crippen molar-refractivity contribution in [2.75, 3.05) is 57.9 Å². The molecule has 3 fully saturated rings. The van der Waals surface area contributed by atoms with Crippen LogP contribution in [0.2, 0.25) is 0 Å². The summed E-state index contributed by atoms with van der Waals surface area (Å²) in [5, 5.41) is 15.5. The first-order chi connectivity index (χ1) is 23.2. The number of phenols is 1. The third-order valence-electron chi connectivity index (χ3n) is 10.3. The number of anilines is 1. The number of hydrogen-bond acceptors (Lipinski definition) is 8. The summed E-state index contributed by atoms with van der Waals surface area (Å²) < 4.78 is 57.4. The number of aromatic nitrogens is 2. The van der Waals surface area contributed by atoms with E-state index in [2.05, 4.69) is 32.9 Å². The number of benzene rings is 3. The van der Waals surface area contributed by atoms with E-state index in [9.17, 15) is 13.9 Å². The second kappa shape index (κ2) is 12.6. The molecule has 0 radical (unpaired) electrons. The van der Waals surface area contributed by atoms with Crippen molar-refractivity contribution < 1.29 is 27.8 Å². The Hall–Kier alpha value is -4.37. The molecule has 3 aliphatic rings. The van der Waals surface area contributed by atoms with Crippen molar-refractivity contribution in [2.45, 2.75) is 43.7 Å². The van der Waals surface area contributed by atoms with Gasteiger partial charge in [0.1, 0.15) is 29.5 Å². The summed E-state index contributed by atoms with van der Waals surface area (Å²) in [5.74, 6) is 1.50. The maximum Gasteiger partial charge on any atom is 0.319 e. The van der Waals surface area contributed by atoms with Gasteiger partial charge in [-0.1, -0.05) is 25.0 Å². The number of ether oxygens (including phenoxy) is 2. The van der Waals surface area contributed by atoms with Gasteiger partial charge in [-0.25, -0.2) is 13.2 Å². The Morgan fingerprint density at radius 3 is 2.75 bits per heavy atom. The number of aromatic hydroxyl groups is 1. The Balaban J connectivity index is 1.38. The van der Waals surface area contributed by atoms with Crippen molar-refractivity contribution in [3.05, 3.63) is 65.5 Å². The van der Waals surface area contributed by atoms with E-state index in [-0.39, 0.29) is 51.7 Å². The quantitative estimate of drug-likeness (QED) is 0.221. The van der Waals surface area contributed by atoms with Crippen LogP contribution in [0, 0.1) is 24.0 Å². The molecule has 2 atom stereocenters. The molecule has 0 aliphatic carbocycles. The molecule has 48 heavy (non-hydrogen) atoms. The molecule has 4 aromatic rings. The summed E-state index contributed by atoms with van der Waals surface area (Å²) in [7, 11) is 1.67. The largest absolute Gasteiger partial charge is 0.508 e. The number of halogens is 3. The first-order valence-electron chi connectivity index (χ1n) is 16.3. The van der Waals surface area contributed by atoms with Gasteiger partial charge in [-0.05, 0) is 73.0 Å². The van der Waals surface area contributed by atoms with E-state index in [1.165, 1.54) is 24.3 Å². The van der Waals surface area contributed by atoms with Gasteiger partial charge in [-0.2, -0.15) is 9.97 Å². The zero-order valence-electron chi connectivity index (χ0n) is 27.1. The van der Waals surface area contributed by atoms with Crippen LogP contribution in [-0.4, -0.2) is 84.1 Å². The molecule has 2 N–H and O–H groups in total. The molecular weight excluding hydrogens is 619 g/mol. The van der Waals surface area contributed by atoms with Crippen molar-refractivity contribution in [2.24, 2.45) is 0 Å². The van der Waals surface area contributed by atoms with Gasteiger partial charge in [0.2, 0.25) is 0 Å². The fourth-order valence-electron chi connectivity index (χ4n) is 7.92. The molecule has 11 heteroatoms. The Bertz CT molecular complexity index is 1980. The summed E-state index contributed by atoms with van der Waals surface area (Å²) in [5.41, 5.74) is 0.334. The topological polar surface area (TPSA) is 83.0 Å². The lowest BCUT2D eigenvalue weighted by atomic mass is 9.92. The van der Waals surface area contributed by atoms with Gasteiger partial charge in [0.25, 0.3) is 0 Å². The summed E-state index contributed by atoms with van der Waals surface area (Å²) >= 11 is 0. The second-order valence-electron chi connectivity index (χ2n) is 13.2. The molecule has 0 saturated carbocycles. The van der Waals surface area contributed by atoms with Gasteiger partial charge in [-0.3, -0.25) is 4.90 Å². The Morgan fingerprint density at radius 2 is 1.98 bits per heavy atom. The van der Waals surface area contributed by atoms with Gasteiger partial charge in [0.05, 0.1) is 29.6 Å². The highest BCUT2D eigenvalue weighted by atomic mass is 19.1. The average Bonchev–Trinajstić information content (AvgIpc) is 3.65. The van der Waals surface area contributed by atoms with Crippen LogP contribution >= 0.6 is 0 Å². The molecule has 3 aromatic carbocycles. The summed E-state index contributed by atoms with van der Waals surface area (Å²) in [6, 6.07) is 8.93. The standard InChI is InChI=1S/C37H38F3N5O3/c1-4-26-30(39)10-7-24-15-25(46)16-29(31(24)26)27-8-9-28-33(32(27)40)42-35(48-22-37-11-6-13-45(37)19-23(17-37)18-38)43-34(28)44-14-12-41-36(5-2,20-44)21-47-3/h1,7-10,15-16,18,41,46H,5-6,11-14,17,19-22H2,2-3H3/b23-18-/t36-,37?/m1/s1. The number of fused-ring (bicyclic) bond motifs is 3. The van der Waals surface area contributed by atoms with Crippen molar-refractivity contribution in [1.29, 1.82) is 0 Å². The first-order valence-corrected chi connectivity index (χ1v) is 16.3. The predicted octanol–water partition coefficient (Wildman–Crippen LogP) is 6.09. The van der Waals surface area contributed by atoms with Crippen molar-refractivity contribution in [1.82, 2.24) is 20.2 Å². The lowest BCUT2D eigenvalue weighted by Crippen LogP contribution is -2.62. The van der Waals surface area contributed by atoms with Gasteiger partial charge < -0.3 is 24.8 Å². The molecule has 3 aliphatic heterocycles. The molecule has 0 amide bonds. The average molecular weight is 658 g/mol. The minimum absolute atomic E-state index is 0.0101. The normalized spacial score (nSPS) is 23.7. The van der Waals surface area contributed by atoms with Gasteiger partial charge >= 0.3 is 6.01 Å². The Labute approximate surface area is 277 Å². The number of nitrogens with one attached hydrogen (secondary N) is 1. The number of terminal acetylenes is 1. The lowest BCUT2D eigenvalue weighted by molar-refractivity contribution is 0.101. The van der Waals surface area contributed by atoms with E-state index < -0.39 is 11.6 Å². The van der Waals surface area contributed by atoms with E-state index in [0.717, 1.165) is 31.4 Å². The summed E-state index contributed by atoms with van der Waals surface area (Å²) in [4.78, 5) is 13.8. The molecule has 4 heterocycles. The molecule has 0 bridgehead atoms. The Morgan fingerprint density at radius 1 is 1.12 bits per heavy atom. The molecular formula is C37H38F3N5O3. The molecule has 8 nitrogen and oxygen atoms in total. The van der Waals surface area contributed by atoms with Crippen molar-refractivity contribution in [3.8, 4) is 35.2 Å². The van der Waals surface area contributed by atoms with Crippen LogP contribution in [0.4, 0.5) is 19.0 Å². The van der Waals surface area contributed by atoms with Crippen LogP contribution in [0.25, 0.3) is 32.8 Å². The monoisotopic (exact) mass is 657 g/mol. The smallest absolute Gasteiger partial charge is 0.319 e. The van der Waals surface area contributed by atoms with Crippen molar-refractivity contribution in [3.63, 3.8) is 0 Å². The highest BCUT2D eigenvalue weighted by Crippen LogP contribution is 2.43.